The minimum atomic E-state index is -4.37. The van der Waals surface area contributed by atoms with Crippen LogP contribution in [0.3, 0.4) is 0 Å². The van der Waals surface area contributed by atoms with E-state index in [1.807, 2.05) is 28.0 Å². The molecule has 5 rings (SSSR count). The van der Waals surface area contributed by atoms with Crippen LogP contribution in [0.5, 0.6) is 0 Å². The lowest BCUT2D eigenvalue weighted by atomic mass is 10.0. The molecule has 1 aromatic heterocycles. The molecule has 2 aromatic rings. The Balaban J connectivity index is 0.000000494. The molecule has 0 radical (unpaired) electrons. The highest BCUT2D eigenvalue weighted by atomic mass is 19.4. The molecule has 1 aromatic carbocycles. The first-order chi connectivity index (χ1) is 18.3. The number of halogens is 3. The van der Waals surface area contributed by atoms with Crippen molar-refractivity contribution in [2.24, 2.45) is 5.92 Å². The summed E-state index contributed by atoms with van der Waals surface area (Å²) in [7, 11) is 0. The summed E-state index contributed by atoms with van der Waals surface area (Å²) in [5.41, 5.74) is -0.115. The van der Waals surface area contributed by atoms with Gasteiger partial charge in [-0.25, -0.2) is 0 Å². The molecule has 3 aliphatic rings. The molecule has 1 unspecified atom stereocenters. The summed E-state index contributed by atoms with van der Waals surface area (Å²) in [6, 6.07) is 12.1. The van der Waals surface area contributed by atoms with E-state index >= 15 is 0 Å². The molecule has 4 atom stereocenters. The van der Waals surface area contributed by atoms with Crippen LogP contribution < -0.4 is 4.90 Å². The van der Waals surface area contributed by atoms with Crippen LogP contribution in [0, 0.1) is 5.92 Å². The van der Waals surface area contributed by atoms with Crippen LogP contribution in [-0.4, -0.2) is 76.7 Å². The van der Waals surface area contributed by atoms with E-state index in [0.717, 1.165) is 51.3 Å². The van der Waals surface area contributed by atoms with Gasteiger partial charge in [-0.15, -0.1) is 0 Å². The minimum absolute atomic E-state index is 0.156. The Morgan fingerprint density at radius 1 is 1.03 bits per heavy atom. The van der Waals surface area contributed by atoms with E-state index in [9.17, 15) is 23.1 Å². The van der Waals surface area contributed by atoms with Crippen LogP contribution in [0.1, 0.15) is 51.0 Å². The number of pyridine rings is 1. The number of benzene rings is 1. The van der Waals surface area contributed by atoms with Crippen LogP contribution in [0.15, 0.2) is 54.9 Å². The molecule has 3 aliphatic heterocycles. The molecule has 38 heavy (non-hydrogen) atoms. The number of nitrogens with zero attached hydrogens (tertiary/aromatic N) is 4. The number of aliphatic hydroxyl groups excluding tert-OH is 1. The number of alkyl halides is 3. The monoisotopic (exact) mass is 532 g/mol. The SMILES string of the molecule is CCC[C@@H](CCO)N1CC[C@@H]2[C@H]1CCN2C(=O)C1CCN(c2cccc(C(F)(F)F)c2)C1.c1ccncc1. The summed E-state index contributed by atoms with van der Waals surface area (Å²) in [5, 5.41) is 9.47. The van der Waals surface area contributed by atoms with Crippen LogP contribution in [0.2, 0.25) is 0 Å². The molecule has 3 fully saturated rings. The van der Waals surface area contributed by atoms with Gasteiger partial charge in [-0.05, 0) is 62.4 Å². The third-order valence-corrected chi connectivity index (χ3v) is 8.10. The van der Waals surface area contributed by atoms with Crippen molar-refractivity contribution in [1.29, 1.82) is 0 Å². The van der Waals surface area contributed by atoms with Gasteiger partial charge in [0, 0.05) is 69.0 Å². The van der Waals surface area contributed by atoms with Crippen molar-refractivity contribution in [2.75, 3.05) is 37.7 Å². The molecule has 6 nitrogen and oxygen atoms in total. The van der Waals surface area contributed by atoms with E-state index < -0.39 is 11.7 Å². The smallest absolute Gasteiger partial charge is 0.396 e. The van der Waals surface area contributed by atoms with Gasteiger partial charge in [0.2, 0.25) is 5.91 Å². The van der Waals surface area contributed by atoms with Crippen molar-refractivity contribution in [2.45, 2.75) is 69.8 Å². The average Bonchev–Trinajstić information content (AvgIpc) is 3.66. The maximum Gasteiger partial charge on any atom is 0.416 e. The molecular formula is C29H39F3N4O2. The van der Waals surface area contributed by atoms with E-state index in [1.54, 1.807) is 18.5 Å². The van der Waals surface area contributed by atoms with Gasteiger partial charge in [-0.2, -0.15) is 13.2 Å². The number of likely N-dealkylation sites (tertiary alicyclic amines) is 2. The van der Waals surface area contributed by atoms with E-state index in [2.05, 4.69) is 16.8 Å². The van der Waals surface area contributed by atoms with Gasteiger partial charge in [0.15, 0.2) is 0 Å². The van der Waals surface area contributed by atoms with Crippen LogP contribution in [0.4, 0.5) is 18.9 Å². The molecule has 0 aliphatic carbocycles. The van der Waals surface area contributed by atoms with Crippen molar-refractivity contribution in [3.05, 3.63) is 60.4 Å². The lowest BCUT2D eigenvalue weighted by Gasteiger charge is -2.32. The fourth-order valence-electron chi connectivity index (χ4n) is 6.33. The van der Waals surface area contributed by atoms with Gasteiger partial charge >= 0.3 is 6.18 Å². The number of amides is 1. The second kappa shape index (κ2) is 12.9. The first-order valence-electron chi connectivity index (χ1n) is 13.8. The molecule has 4 heterocycles. The summed E-state index contributed by atoms with van der Waals surface area (Å²) < 4.78 is 39.2. The largest absolute Gasteiger partial charge is 0.416 e. The van der Waals surface area contributed by atoms with E-state index in [0.29, 0.717) is 37.3 Å². The lowest BCUT2D eigenvalue weighted by molar-refractivity contribution is -0.137. The van der Waals surface area contributed by atoms with Gasteiger partial charge in [-0.3, -0.25) is 14.7 Å². The Morgan fingerprint density at radius 3 is 2.42 bits per heavy atom. The molecule has 1 N–H and O–H groups in total. The van der Waals surface area contributed by atoms with E-state index in [-0.39, 0.29) is 24.5 Å². The van der Waals surface area contributed by atoms with Gasteiger partial charge in [-0.1, -0.05) is 25.5 Å². The number of carbonyl (C=O) groups is 1. The first-order valence-corrected chi connectivity index (χ1v) is 13.8. The standard InChI is InChI=1S/C24H34F3N3O2.C5H5N/c1-2-4-19(10-14-31)29-12-8-22-21(29)9-13-30(22)23(32)17-7-11-28(16-17)20-6-3-5-18(15-20)24(25,26)27;1-2-4-6-5-3-1/h3,5-6,15,17,19,21-22,31H,2,4,7-14,16H2,1H3;1-5H/t17?,19-,21+,22+;/m0./s1. The highest BCUT2D eigenvalue weighted by molar-refractivity contribution is 5.81. The lowest BCUT2D eigenvalue weighted by Crippen LogP contribution is -2.45. The third kappa shape index (κ3) is 6.67. The Kier molecular flexibility index (Phi) is 9.65. The van der Waals surface area contributed by atoms with Crippen molar-refractivity contribution in [3.63, 3.8) is 0 Å². The van der Waals surface area contributed by atoms with Crippen molar-refractivity contribution in [1.82, 2.24) is 14.8 Å². The summed E-state index contributed by atoms with van der Waals surface area (Å²) >= 11 is 0. The summed E-state index contributed by atoms with van der Waals surface area (Å²) in [6.45, 7) is 5.14. The van der Waals surface area contributed by atoms with Crippen molar-refractivity contribution in [3.8, 4) is 0 Å². The van der Waals surface area contributed by atoms with Gasteiger partial charge < -0.3 is 14.9 Å². The zero-order valence-electron chi connectivity index (χ0n) is 22.1. The van der Waals surface area contributed by atoms with Gasteiger partial charge in [0.25, 0.3) is 0 Å². The summed E-state index contributed by atoms with van der Waals surface area (Å²) in [4.78, 5) is 23.6. The molecular weight excluding hydrogens is 493 g/mol. The minimum Gasteiger partial charge on any atom is -0.396 e. The Bertz CT molecular complexity index is 990. The van der Waals surface area contributed by atoms with Gasteiger partial charge in [0.05, 0.1) is 11.5 Å². The van der Waals surface area contributed by atoms with Crippen molar-refractivity contribution >= 4 is 11.6 Å². The topological polar surface area (TPSA) is 59.9 Å². The molecule has 0 bridgehead atoms. The summed E-state index contributed by atoms with van der Waals surface area (Å²) in [6.07, 6.45) is 4.66. The normalized spacial score (nSPS) is 24.2. The number of rotatable bonds is 7. The second-order valence-corrected chi connectivity index (χ2v) is 10.4. The molecule has 0 saturated carbocycles. The predicted molar refractivity (Wildman–Crippen MR) is 142 cm³/mol. The van der Waals surface area contributed by atoms with E-state index in [4.69, 9.17) is 0 Å². The Morgan fingerprint density at radius 2 is 1.79 bits per heavy atom. The molecule has 0 spiro atoms. The zero-order chi connectivity index (χ0) is 27.1. The average molecular weight is 533 g/mol. The van der Waals surface area contributed by atoms with Crippen LogP contribution in [-0.2, 0) is 11.0 Å². The molecule has 1 amide bonds. The third-order valence-electron chi connectivity index (χ3n) is 8.10. The molecule has 3 saturated heterocycles. The number of fused-ring (bicyclic) bond motifs is 1. The molecule has 208 valence electrons. The Labute approximate surface area is 223 Å². The number of hydrogen-bond donors (Lipinski definition) is 1. The fraction of sp³-hybridized carbons (Fsp3) is 0.586. The van der Waals surface area contributed by atoms with Crippen molar-refractivity contribution < 1.29 is 23.1 Å². The number of aliphatic hydroxyl groups is 1. The first kappa shape index (κ1) is 28.4. The Hall–Kier alpha value is -2.65. The maximum absolute atomic E-state index is 13.4. The number of anilines is 1. The number of carbonyl (C=O) groups excluding carboxylic acids is 1. The fourth-order valence-corrected chi connectivity index (χ4v) is 6.33. The second-order valence-electron chi connectivity index (χ2n) is 10.4. The number of hydrogen-bond acceptors (Lipinski definition) is 5. The van der Waals surface area contributed by atoms with Gasteiger partial charge in [0.1, 0.15) is 0 Å². The highest BCUT2D eigenvalue weighted by Gasteiger charge is 2.47. The van der Waals surface area contributed by atoms with E-state index in [1.165, 1.54) is 12.1 Å². The summed E-state index contributed by atoms with van der Waals surface area (Å²) in [5.74, 6) is -0.00995. The highest BCUT2D eigenvalue weighted by Crippen LogP contribution is 2.37. The zero-order valence-corrected chi connectivity index (χ0v) is 22.1. The van der Waals surface area contributed by atoms with Crippen LogP contribution >= 0.6 is 0 Å². The quantitative estimate of drug-likeness (QED) is 0.553. The van der Waals surface area contributed by atoms with Crippen LogP contribution in [0.25, 0.3) is 0 Å². The maximum atomic E-state index is 13.4. The molecule has 9 heteroatoms. The predicted octanol–water partition coefficient (Wildman–Crippen LogP) is 4.84. The number of aromatic nitrogens is 1.